The van der Waals surface area contributed by atoms with Gasteiger partial charge in [0.1, 0.15) is 0 Å². The summed E-state index contributed by atoms with van der Waals surface area (Å²) >= 11 is 0. The molecule has 0 fully saturated rings. The van der Waals surface area contributed by atoms with Gasteiger partial charge in [0.25, 0.3) is 0 Å². The number of aromatic nitrogens is 4. The van der Waals surface area contributed by atoms with Crippen molar-refractivity contribution < 1.29 is 0 Å². The molecule has 2 heterocycles. The predicted molar refractivity (Wildman–Crippen MR) is 58.5 cm³/mol. The van der Waals surface area contributed by atoms with Crippen LogP contribution in [-0.2, 0) is 6.54 Å². The molecular weight excluding hydrogens is 190 g/mol. The van der Waals surface area contributed by atoms with Crippen LogP contribution in [0.4, 0.5) is 5.95 Å². The molecule has 2 aromatic rings. The number of hydrogen-bond acceptors (Lipinski definition) is 4. The van der Waals surface area contributed by atoms with Crippen LogP contribution in [0.25, 0.3) is 11.4 Å². The second-order valence-corrected chi connectivity index (χ2v) is 3.05. The number of hydrogen-bond donors (Lipinski definition) is 1. The average molecular weight is 203 g/mol. The minimum Gasteiger partial charge on any atom is -0.357 e. The third kappa shape index (κ3) is 1.81. The van der Waals surface area contributed by atoms with Crippen LogP contribution in [0.1, 0.15) is 6.92 Å². The highest BCUT2D eigenvalue weighted by Gasteiger charge is 2.05. The van der Waals surface area contributed by atoms with Gasteiger partial charge in [-0.25, -0.2) is 9.97 Å². The topological polar surface area (TPSA) is 55.6 Å². The van der Waals surface area contributed by atoms with Gasteiger partial charge in [-0.3, -0.25) is 4.68 Å². The van der Waals surface area contributed by atoms with E-state index in [9.17, 15) is 0 Å². The lowest BCUT2D eigenvalue weighted by atomic mass is 10.3. The van der Waals surface area contributed by atoms with Crippen molar-refractivity contribution in [2.45, 2.75) is 13.5 Å². The zero-order valence-electron chi connectivity index (χ0n) is 8.81. The normalized spacial score (nSPS) is 10.3. The number of anilines is 1. The fraction of sp³-hybridized carbons (Fsp3) is 0.300. The number of nitrogens with one attached hydrogen (secondary N) is 1. The number of rotatable bonds is 3. The quantitative estimate of drug-likeness (QED) is 0.819. The van der Waals surface area contributed by atoms with Gasteiger partial charge in [0.15, 0.2) is 0 Å². The standard InChI is InChI=1S/C10H13N5/c1-3-15-9(5-7-13-15)8-4-6-12-10(11-2)14-8/h4-7H,3H2,1-2H3,(H,11,12,14). The molecule has 0 spiro atoms. The van der Waals surface area contributed by atoms with Gasteiger partial charge in [-0.2, -0.15) is 5.10 Å². The summed E-state index contributed by atoms with van der Waals surface area (Å²) in [5.41, 5.74) is 1.89. The predicted octanol–water partition coefficient (Wildman–Crippen LogP) is 1.40. The molecule has 0 amide bonds. The molecule has 0 aromatic carbocycles. The first-order valence-electron chi connectivity index (χ1n) is 4.88. The Morgan fingerprint density at radius 3 is 2.93 bits per heavy atom. The third-order valence-electron chi connectivity index (χ3n) is 2.16. The van der Waals surface area contributed by atoms with Crippen molar-refractivity contribution in [3.63, 3.8) is 0 Å². The Morgan fingerprint density at radius 1 is 1.33 bits per heavy atom. The number of nitrogens with zero attached hydrogens (tertiary/aromatic N) is 4. The fourth-order valence-electron chi connectivity index (χ4n) is 1.42. The monoisotopic (exact) mass is 203 g/mol. The van der Waals surface area contributed by atoms with E-state index in [2.05, 4.69) is 27.3 Å². The second-order valence-electron chi connectivity index (χ2n) is 3.05. The minimum absolute atomic E-state index is 0.622. The van der Waals surface area contributed by atoms with Crippen molar-refractivity contribution in [2.24, 2.45) is 0 Å². The largest absolute Gasteiger partial charge is 0.357 e. The molecule has 0 bridgehead atoms. The van der Waals surface area contributed by atoms with Gasteiger partial charge < -0.3 is 5.32 Å². The maximum Gasteiger partial charge on any atom is 0.222 e. The first-order valence-corrected chi connectivity index (χ1v) is 4.88. The van der Waals surface area contributed by atoms with E-state index in [4.69, 9.17) is 0 Å². The molecule has 0 atom stereocenters. The lowest BCUT2D eigenvalue weighted by Crippen LogP contribution is -2.02. The van der Waals surface area contributed by atoms with Crippen molar-refractivity contribution in [3.05, 3.63) is 24.5 Å². The van der Waals surface area contributed by atoms with Gasteiger partial charge in [0.2, 0.25) is 5.95 Å². The van der Waals surface area contributed by atoms with Crippen LogP contribution in [0.5, 0.6) is 0 Å². The van der Waals surface area contributed by atoms with Crippen molar-refractivity contribution in [1.82, 2.24) is 19.7 Å². The summed E-state index contributed by atoms with van der Waals surface area (Å²) in [7, 11) is 1.80. The lowest BCUT2D eigenvalue weighted by Gasteiger charge is -2.04. The second kappa shape index (κ2) is 4.08. The van der Waals surface area contributed by atoms with Crippen LogP contribution in [0, 0.1) is 0 Å². The smallest absolute Gasteiger partial charge is 0.222 e. The Bertz CT molecular complexity index is 449. The first kappa shape index (κ1) is 9.64. The van der Waals surface area contributed by atoms with E-state index < -0.39 is 0 Å². The highest BCUT2D eigenvalue weighted by atomic mass is 15.3. The molecule has 15 heavy (non-hydrogen) atoms. The molecule has 0 aliphatic heterocycles. The summed E-state index contributed by atoms with van der Waals surface area (Å²) < 4.78 is 1.90. The van der Waals surface area contributed by atoms with Crippen LogP contribution < -0.4 is 5.32 Å². The van der Waals surface area contributed by atoms with E-state index in [1.54, 1.807) is 19.4 Å². The molecule has 1 N–H and O–H groups in total. The van der Waals surface area contributed by atoms with Gasteiger partial charge in [-0.15, -0.1) is 0 Å². The van der Waals surface area contributed by atoms with Gasteiger partial charge >= 0.3 is 0 Å². The Morgan fingerprint density at radius 2 is 2.20 bits per heavy atom. The molecule has 0 aliphatic carbocycles. The maximum atomic E-state index is 4.36. The van der Waals surface area contributed by atoms with Crippen molar-refractivity contribution in [3.8, 4) is 11.4 Å². The lowest BCUT2D eigenvalue weighted by molar-refractivity contribution is 0.665. The van der Waals surface area contributed by atoms with Crippen LogP contribution >= 0.6 is 0 Å². The van der Waals surface area contributed by atoms with Crippen LogP contribution in [-0.4, -0.2) is 26.8 Å². The summed E-state index contributed by atoms with van der Waals surface area (Å²) in [6.45, 7) is 2.89. The van der Waals surface area contributed by atoms with Crippen LogP contribution in [0.15, 0.2) is 24.5 Å². The van der Waals surface area contributed by atoms with Crippen LogP contribution in [0.3, 0.4) is 0 Å². The molecule has 0 radical (unpaired) electrons. The fourth-order valence-corrected chi connectivity index (χ4v) is 1.42. The molecule has 0 unspecified atom stereocenters. The Balaban J connectivity index is 2.44. The Hall–Kier alpha value is -1.91. The minimum atomic E-state index is 0.622. The first-order chi connectivity index (χ1) is 7.35. The van der Waals surface area contributed by atoms with Crippen molar-refractivity contribution >= 4 is 5.95 Å². The molecule has 0 aliphatic rings. The van der Waals surface area contributed by atoms with Crippen LogP contribution in [0.2, 0.25) is 0 Å². The summed E-state index contributed by atoms with van der Waals surface area (Å²) in [6, 6.07) is 3.83. The molecule has 5 nitrogen and oxygen atoms in total. The van der Waals surface area contributed by atoms with Crippen molar-refractivity contribution in [1.29, 1.82) is 0 Å². The molecular formula is C10H13N5. The zero-order valence-corrected chi connectivity index (χ0v) is 8.81. The molecule has 0 saturated carbocycles. The SMILES string of the molecule is CCn1nccc1-c1ccnc(NC)n1. The summed E-state index contributed by atoms with van der Waals surface area (Å²) in [5.74, 6) is 0.622. The summed E-state index contributed by atoms with van der Waals surface area (Å²) in [4.78, 5) is 8.43. The van der Waals surface area contributed by atoms with E-state index in [0.717, 1.165) is 17.9 Å². The van der Waals surface area contributed by atoms with E-state index in [-0.39, 0.29) is 0 Å². The Labute approximate surface area is 88.2 Å². The highest BCUT2D eigenvalue weighted by molar-refractivity contribution is 5.55. The zero-order chi connectivity index (χ0) is 10.7. The van der Waals surface area contributed by atoms with Gasteiger partial charge in [-0.1, -0.05) is 0 Å². The molecule has 78 valence electrons. The molecule has 2 rings (SSSR count). The van der Waals surface area contributed by atoms with Crippen molar-refractivity contribution in [2.75, 3.05) is 12.4 Å². The number of aryl methyl sites for hydroxylation is 1. The summed E-state index contributed by atoms with van der Waals surface area (Å²) in [5, 5.41) is 7.12. The van der Waals surface area contributed by atoms with E-state index in [1.165, 1.54) is 0 Å². The molecule has 0 saturated heterocycles. The highest BCUT2D eigenvalue weighted by Crippen LogP contribution is 2.16. The van der Waals surface area contributed by atoms with Gasteiger partial charge in [-0.05, 0) is 19.1 Å². The third-order valence-corrected chi connectivity index (χ3v) is 2.16. The van der Waals surface area contributed by atoms with E-state index in [1.807, 2.05) is 16.8 Å². The molecule has 5 heteroatoms. The van der Waals surface area contributed by atoms with E-state index in [0.29, 0.717) is 5.95 Å². The summed E-state index contributed by atoms with van der Waals surface area (Å²) in [6.07, 6.45) is 3.52. The van der Waals surface area contributed by atoms with Gasteiger partial charge in [0.05, 0.1) is 11.4 Å². The maximum absolute atomic E-state index is 4.36. The van der Waals surface area contributed by atoms with Gasteiger partial charge in [0, 0.05) is 26.0 Å². The molecule has 2 aromatic heterocycles. The average Bonchev–Trinajstić information content (AvgIpc) is 2.77. The van der Waals surface area contributed by atoms with E-state index >= 15 is 0 Å². The Kier molecular flexibility index (Phi) is 2.62.